The average molecular weight is 303 g/mol. The van der Waals surface area contributed by atoms with E-state index < -0.39 is 0 Å². The highest BCUT2D eigenvalue weighted by Crippen LogP contribution is 2.29. The van der Waals surface area contributed by atoms with Crippen molar-refractivity contribution in [2.45, 2.75) is 11.8 Å². The maximum atomic E-state index is 5.83. The van der Waals surface area contributed by atoms with Crippen molar-refractivity contribution < 1.29 is 0 Å². The molecule has 1 aromatic heterocycles. The molecule has 1 heterocycles. The molecular weight excluding hydrogens is 294 g/mol. The number of rotatable bonds is 2. The molecule has 1 nitrogen and oxygen atoms in total. The predicted octanol–water partition coefficient (Wildman–Crippen LogP) is 4.92. The van der Waals surface area contributed by atoms with Crippen molar-refractivity contribution in [2.24, 2.45) is 0 Å². The van der Waals surface area contributed by atoms with Crippen LogP contribution in [-0.2, 0) is 0 Å². The second kappa shape index (κ2) is 4.64. The fraction of sp³-hybridized carbons (Fsp3) is 0.182. The van der Waals surface area contributed by atoms with Crippen LogP contribution in [0.25, 0.3) is 11.3 Å². The molecule has 15 heavy (non-hydrogen) atoms. The molecule has 0 radical (unpaired) electrons. The van der Waals surface area contributed by atoms with Crippen LogP contribution in [-0.4, -0.2) is 4.98 Å². The minimum absolute atomic E-state index is 0.309. The Bertz CT molecular complexity index is 450. The molecule has 1 atom stereocenters. The Morgan fingerprint density at radius 3 is 2.53 bits per heavy atom. The maximum Gasteiger partial charge on any atom is 0.107 e. The van der Waals surface area contributed by atoms with Crippen LogP contribution in [0, 0.1) is 0 Å². The molecule has 78 valence electrons. The van der Waals surface area contributed by atoms with E-state index in [0.29, 0.717) is 4.83 Å². The van der Waals surface area contributed by atoms with E-state index >= 15 is 0 Å². The van der Waals surface area contributed by atoms with Crippen LogP contribution in [0.1, 0.15) is 16.8 Å². The Morgan fingerprint density at radius 2 is 2.00 bits per heavy atom. The fourth-order valence-electron chi connectivity index (χ4n) is 1.22. The highest BCUT2D eigenvalue weighted by atomic mass is 79.9. The first kappa shape index (κ1) is 11.1. The quantitative estimate of drug-likeness (QED) is 0.718. The lowest BCUT2D eigenvalue weighted by Gasteiger charge is -1.97. The second-order valence-corrected chi connectivity index (χ2v) is 5.89. The molecule has 0 aliphatic carbocycles. The van der Waals surface area contributed by atoms with Crippen LogP contribution in [0.4, 0.5) is 0 Å². The first-order valence-electron chi connectivity index (χ1n) is 4.52. The van der Waals surface area contributed by atoms with Gasteiger partial charge in [0.25, 0.3) is 0 Å². The minimum Gasteiger partial charge on any atom is -0.240 e. The summed E-state index contributed by atoms with van der Waals surface area (Å²) < 4.78 is 0. The average Bonchev–Trinajstić information content (AvgIpc) is 2.68. The van der Waals surface area contributed by atoms with Gasteiger partial charge in [-0.3, -0.25) is 0 Å². The standard InChI is InChI=1S/C11H9BrClNS/c1-7(12)11-14-10(6-15-11)8-2-4-9(13)5-3-8/h2-7H,1H3. The molecule has 1 aromatic carbocycles. The van der Waals surface area contributed by atoms with Crippen LogP contribution in [0.3, 0.4) is 0 Å². The number of alkyl halides is 1. The molecule has 0 aliphatic rings. The number of nitrogens with zero attached hydrogens (tertiary/aromatic N) is 1. The number of benzene rings is 1. The molecule has 0 spiro atoms. The zero-order valence-corrected chi connectivity index (χ0v) is 11.2. The van der Waals surface area contributed by atoms with Crippen molar-refractivity contribution in [3.63, 3.8) is 0 Å². The molecule has 0 aliphatic heterocycles. The monoisotopic (exact) mass is 301 g/mol. The van der Waals surface area contributed by atoms with E-state index in [1.54, 1.807) is 11.3 Å². The second-order valence-electron chi connectivity index (χ2n) is 3.19. The summed E-state index contributed by atoms with van der Waals surface area (Å²) in [6.45, 7) is 2.07. The van der Waals surface area contributed by atoms with E-state index in [4.69, 9.17) is 11.6 Å². The zero-order chi connectivity index (χ0) is 10.8. The number of aromatic nitrogens is 1. The molecule has 0 saturated carbocycles. The summed E-state index contributed by atoms with van der Waals surface area (Å²) in [6, 6.07) is 7.74. The zero-order valence-electron chi connectivity index (χ0n) is 8.08. The van der Waals surface area contributed by atoms with Crippen molar-refractivity contribution in [2.75, 3.05) is 0 Å². The topological polar surface area (TPSA) is 12.9 Å². The third kappa shape index (κ3) is 2.60. The van der Waals surface area contributed by atoms with Crippen molar-refractivity contribution in [1.29, 1.82) is 0 Å². The lowest BCUT2D eigenvalue weighted by atomic mass is 10.2. The summed E-state index contributed by atoms with van der Waals surface area (Å²) in [5.74, 6) is 0. The van der Waals surface area contributed by atoms with Gasteiger partial charge >= 0.3 is 0 Å². The van der Waals surface area contributed by atoms with Crippen LogP contribution >= 0.6 is 38.9 Å². The molecule has 0 saturated heterocycles. The molecule has 4 heteroatoms. The Labute approximate surface area is 106 Å². The summed E-state index contributed by atoms with van der Waals surface area (Å²) in [5, 5.41) is 3.92. The van der Waals surface area contributed by atoms with Gasteiger partial charge in [-0.1, -0.05) is 39.7 Å². The normalized spacial score (nSPS) is 12.7. The lowest BCUT2D eigenvalue weighted by molar-refractivity contribution is 1.08. The Kier molecular flexibility index (Phi) is 3.44. The summed E-state index contributed by atoms with van der Waals surface area (Å²) in [6.07, 6.45) is 0. The van der Waals surface area contributed by atoms with Gasteiger partial charge in [-0.05, 0) is 19.1 Å². The van der Waals surface area contributed by atoms with Gasteiger partial charge in [0.2, 0.25) is 0 Å². The first-order chi connectivity index (χ1) is 7.16. The smallest absolute Gasteiger partial charge is 0.107 e. The van der Waals surface area contributed by atoms with Crippen molar-refractivity contribution in [3.8, 4) is 11.3 Å². The molecule has 2 aromatic rings. The van der Waals surface area contributed by atoms with E-state index in [1.807, 2.05) is 24.3 Å². The minimum atomic E-state index is 0.309. The maximum absolute atomic E-state index is 5.83. The summed E-state index contributed by atoms with van der Waals surface area (Å²) in [7, 11) is 0. The number of thiazole rings is 1. The van der Waals surface area contributed by atoms with Gasteiger partial charge in [0.1, 0.15) is 5.01 Å². The first-order valence-corrected chi connectivity index (χ1v) is 6.69. The molecule has 1 unspecified atom stereocenters. The van der Waals surface area contributed by atoms with Crippen molar-refractivity contribution in [1.82, 2.24) is 4.98 Å². The van der Waals surface area contributed by atoms with Crippen molar-refractivity contribution in [3.05, 3.63) is 39.7 Å². The summed E-state index contributed by atoms with van der Waals surface area (Å²) in [5.41, 5.74) is 2.12. The Morgan fingerprint density at radius 1 is 1.33 bits per heavy atom. The largest absolute Gasteiger partial charge is 0.240 e. The van der Waals surface area contributed by atoms with Gasteiger partial charge in [0.05, 0.1) is 10.5 Å². The summed E-state index contributed by atoms with van der Waals surface area (Å²) >= 11 is 11.0. The van der Waals surface area contributed by atoms with Gasteiger partial charge < -0.3 is 0 Å². The van der Waals surface area contributed by atoms with E-state index in [9.17, 15) is 0 Å². The van der Waals surface area contributed by atoms with Gasteiger partial charge in [0.15, 0.2) is 0 Å². The highest BCUT2D eigenvalue weighted by Gasteiger charge is 2.08. The highest BCUT2D eigenvalue weighted by molar-refractivity contribution is 9.09. The number of hydrogen-bond acceptors (Lipinski definition) is 2. The van der Waals surface area contributed by atoms with Gasteiger partial charge in [0, 0.05) is 16.0 Å². The van der Waals surface area contributed by atoms with Crippen LogP contribution in [0.5, 0.6) is 0 Å². The van der Waals surface area contributed by atoms with E-state index in [2.05, 4.69) is 33.2 Å². The van der Waals surface area contributed by atoms with Gasteiger partial charge in [-0.15, -0.1) is 11.3 Å². The molecule has 0 N–H and O–H groups in total. The van der Waals surface area contributed by atoms with Gasteiger partial charge in [-0.2, -0.15) is 0 Å². The van der Waals surface area contributed by atoms with Crippen molar-refractivity contribution >= 4 is 38.9 Å². The fourth-order valence-corrected chi connectivity index (χ4v) is 2.54. The van der Waals surface area contributed by atoms with Crippen LogP contribution < -0.4 is 0 Å². The Balaban J connectivity index is 2.33. The molecule has 0 amide bonds. The van der Waals surface area contributed by atoms with E-state index in [0.717, 1.165) is 21.3 Å². The molecule has 2 rings (SSSR count). The lowest BCUT2D eigenvalue weighted by Crippen LogP contribution is -1.82. The molecular formula is C11H9BrClNS. The van der Waals surface area contributed by atoms with Crippen LogP contribution in [0.15, 0.2) is 29.6 Å². The van der Waals surface area contributed by atoms with E-state index in [-0.39, 0.29) is 0 Å². The van der Waals surface area contributed by atoms with Gasteiger partial charge in [-0.25, -0.2) is 4.98 Å². The SMILES string of the molecule is CC(Br)c1nc(-c2ccc(Cl)cc2)cs1. The van der Waals surface area contributed by atoms with E-state index in [1.165, 1.54) is 0 Å². The third-order valence-corrected chi connectivity index (χ3v) is 4.02. The number of halogens is 2. The Hall–Kier alpha value is -0.380. The molecule has 0 bridgehead atoms. The third-order valence-electron chi connectivity index (χ3n) is 2.00. The number of hydrogen-bond donors (Lipinski definition) is 0. The summed E-state index contributed by atoms with van der Waals surface area (Å²) in [4.78, 5) is 4.85. The molecule has 0 fully saturated rings. The van der Waals surface area contributed by atoms with Crippen LogP contribution in [0.2, 0.25) is 5.02 Å². The predicted molar refractivity (Wildman–Crippen MR) is 69.9 cm³/mol.